The number of aryl methyl sites for hydroxylation is 1. The average Bonchev–Trinajstić information content (AvgIpc) is 2.03. The van der Waals surface area contributed by atoms with E-state index in [1.54, 1.807) is 0 Å². The van der Waals surface area contributed by atoms with Gasteiger partial charge in [-0.05, 0) is 6.92 Å². The Hall–Kier alpha value is -1.10. The second kappa shape index (κ2) is 3.74. The van der Waals surface area contributed by atoms with E-state index >= 15 is 0 Å². The zero-order chi connectivity index (χ0) is 10.0. The molecule has 0 aliphatic heterocycles. The van der Waals surface area contributed by atoms with Crippen molar-refractivity contribution in [2.75, 3.05) is 0 Å². The van der Waals surface area contributed by atoms with Crippen molar-refractivity contribution in [3.63, 3.8) is 0 Å². The smallest absolute Gasteiger partial charge is 0.280 e. The summed E-state index contributed by atoms with van der Waals surface area (Å²) in [7, 11) is 0. The summed E-state index contributed by atoms with van der Waals surface area (Å²) in [6.45, 7) is 0.842. The van der Waals surface area contributed by atoms with E-state index in [1.165, 1.54) is 6.92 Å². The molecular formula is C8H8F3NO. The Morgan fingerprint density at radius 3 is 2.54 bits per heavy atom. The Bertz CT molecular complexity index is 291. The highest BCUT2D eigenvalue weighted by molar-refractivity contribution is 5.23. The molecule has 0 saturated heterocycles. The van der Waals surface area contributed by atoms with E-state index in [-0.39, 0.29) is 11.3 Å². The molecule has 0 atom stereocenters. The maximum absolute atomic E-state index is 12.9. The van der Waals surface area contributed by atoms with Crippen molar-refractivity contribution < 1.29 is 18.3 Å². The van der Waals surface area contributed by atoms with E-state index in [0.29, 0.717) is 6.07 Å². The summed E-state index contributed by atoms with van der Waals surface area (Å²) in [6.07, 6.45) is -2.79. The van der Waals surface area contributed by atoms with Crippen LogP contribution in [0.2, 0.25) is 0 Å². The van der Waals surface area contributed by atoms with Gasteiger partial charge in [0.15, 0.2) is 0 Å². The number of halogens is 3. The summed E-state index contributed by atoms with van der Waals surface area (Å²) >= 11 is 0. The zero-order valence-corrected chi connectivity index (χ0v) is 6.89. The molecule has 5 heteroatoms. The van der Waals surface area contributed by atoms with Gasteiger partial charge in [-0.3, -0.25) is 4.98 Å². The van der Waals surface area contributed by atoms with E-state index in [1.807, 2.05) is 0 Å². The SMILES string of the molecule is Cc1nc(C(F)F)cc(F)c1CO. The summed E-state index contributed by atoms with van der Waals surface area (Å²) in [6, 6.07) is 0.642. The standard InChI is InChI=1S/C8H8F3NO/c1-4-5(3-13)6(9)2-7(12-4)8(10)11/h2,8,13H,3H2,1H3. The Labute approximate surface area is 73.0 Å². The van der Waals surface area contributed by atoms with Gasteiger partial charge in [-0.15, -0.1) is 0 Å². The van der Waals surface area contributed by atoms with Crippen LogP contribution in [0.1, 0.15) is 23.4 Å². The summed E-state index contributed by atoms with van der Waals surface area (Å²) in [5.41, 5.74) is -0.547. The number of aromatic nitrogens is 1. The molecule has 13 heavy (non-hydrogen) atoms. The minimum Gasteiger partial charge on any atom is -0.391 e. The van der Waals surface area contributed by atoms with Crippen LogP contribution in [0, 0.1) is 12.7 Å². The number of aliphatic hydroxyl groups excluding tert-OH is 1. The molecule has 1 heterocycles. The number of hydrogen-bond acceptors (Lipinski definition) is 2. The van der Waals surface area contributed by atoms with Crippen LogP contribution in [0.3, 0.4) is 0 Å². The van der Waals surface area contributed by atoms with Gasteiger partial charge in [-0.25, -0.2) is 13.2 Å². The number of nitrogens with zero attached hydrogens (tertiary/aromatic N) is 1. The van der Waals surface area contributed by atoms with Gasteiger partial charge < -0.3 is 5.11 Å². The van der Waals surface area contributed by atoms with Gasteiger partial charge in [0.1, 0.15) is 11.5 Å². The van der Waals surface area contributed by atoms with Gasteiger partial charge in [-0.1, -0.05) is 0 Å². The molecule has 2 nitrogen and oxygen atoms in total. The van der Waals surface area contributed by atoms with Crippen LogP contribution in [0.25, 0.3) is 0 Å². The Balaban J connectivity index is 3.20. The van der Waals surface area contributed by atoms with Crippen molar-refractivity contribution in [1.29, 1.82) is 0 Å². The number of pyridine rings is 1. The van der Waals surface area contributed by atoms with Gasteiger partial charge >= 0.3 is 0 Å². The second-order valence-electron chi connectivity index (χ2n) is 2.55. The van der Waals surface area contributed by atoms with Crippen molar-refractivity contribution >= 4 is 0 Å². The van der Waals surface area contributed by atoms with Gasteiger partial charge in [0, 0.05) is 17.3 Å². The van der Waals surface area contributed by atoms with Gasteiger partial charge in [-0.2, -0.15) is 0 Å². The largest absolute Gasteiger partial charge is 0.391 e. The van der Waals surface area contributed by atoms with Crippen LogP contribution in [0.15, 0.2) is 6.07 Å². The first-order valence-corrected chi connectivity index (χ1v) is 3.61. The Morgan fingerprint density at radius 1 is 1.54 bits per heavy atom. The minimum absolute atomic E-state index is 0.0376. The van der Waals surface area contributed by atoms with Crippen LogP contribution in [-0.2, 0) is 6.61 Å². The molecule has 1 aromatic heterocycles. The number of aliphatic hydroxyl groups is 1. The monoisotopic (exact) mass is 191 g/mol. The quantitative estimate of drug-likeness (QED) is 0.775. The lowest BCUT2D eigenvalue weighted by atomic mass is 10.2. The Kier molecular flexibility index (Phi) is 2.87. The third kappa shape index (κ3) is 1.98. The first-order chi connectivity index (χ1) is 6.06. The van der Waals surface area contributed by atoms with E-state index in [9.17, 15) is 13.2 Å². The molecule has 0 amide bonds. The van der Waals surface area contributed by atoms with E-state index in [4.69, 9.17) is 5.11 Å². The second-order valence-corrected chi connectivity index (χ2v) is 2.55. The fraction of sp³-hybridized carbons (Fsp3) is 0.375. The maximum atomic E-state index is 12.9. The third-order valence-electron chi connectivity index (χ3n) is 1.68. The molecule has 0 aliphatic carbocycles. The molecule has 0 radical (unpaired) electrons. The predicted molar refractivity (Wildman–Crippen MR) is 39.8 cm³/mol. The molecule has 1 rings (SSSR count). The summed E-state index contributed by atoms with van der Waals surface area (Å²) in [4.78, 5) is 3.45. The molecule has 0 aromatic carbocycles. The summed E-state index contributed by atoms with van der Waals surface area (Å²) in [5.74, 6) is -0.842. The average molecular weight is 191 g/mol. The zero-order valence-electron chi connectivity index (χ0n) is 6.89. The summed E-state index contributed by atoms with van der Waals surface area (Å²) in [5, 5.41) is 8.66. The fourth-order valence-corrected chi connectivity index (χ4v) is 0.985. The van der Waals surface area contributed by atoms with E-state index < -0.39 is 24.5 Å². The van der Waals surface area contributed by atoms with Gasteiger partial charge in [0.05, 0.1) is 6.61 Å². The van der Waals surface area contributed by atoms with Crippen LogP contribution >= 0.6 is 0 Å². The lowest BCUT2D eigenvalue weighted by Crippen LogP contribution is -2.01. The van der Waals surface area contributed by atoms with Crippen LogP contribution < -0.4 is 0 Å². The lowest BCUT2D eigenvalue weighted by Gasteiger charge is -2.06. The number of hydrogen-bond donors (Lipinski definition) is 1. The van der Waals surface area contributed by atoms with E-state index in [2.05, 4.69) is 4.98 Å². The lowest BCUT2D eigenvalue weighted by molar-refractivity contribution is 0.145. The maximum Gasteiger partial charge on any atom is 0.280 e. The van der Waals surface area contributed by atoms with Crippen molar-refractivity contribution in [2.45, 2.75) is 20.0 Å². The molecule has 0 aliphatic rings. The fourth-order valence-electron chi connectivity index (χ4n) is 0.985. The summed E-state index contributed by atoms with van der Waals surface area (Å²) < 4.78 is 37.1. The van der Waals surface area contributed by atoms with Crippen molar-refractivity contribution in [3.8, 4) is 0 Å². The molecule has 0 spiro atoms. The van der Waals surface area contributed by atoms with Gasteiger partial charge in [0.25, 0.3) is 6.43 Å². The van der Waals surface area contributed by atoms with Crippen LogP contribution in [0.4, 0.5) is 13.2 Å². The minimum atomic E-state index is -2.79. The highest BCUT2D eigenvalue weighted by Gasteiger charge is 2.14. The first kappa shape index (κ1) is 9.98. The molecule has 1 aromatic rings. The molecule has 0 fully saturated rings. The molecule has 0 unspecified atom stereocenters. The van der Waals surface area contributed by atoms with Crippen molar-refractivity contribution in [2.24, 2.45) is 0 Å². The normalized spacial score (nSPS) is 10.9. The molecule has 72 valence electrons. The molecular weight excluding hydrogens is 183 g/mol. The van der Waals surface area contributed by atoms with Crippen molar-refractivity contribution in [1.82, 2.24) is 4.98 Å². The van der Waals surface area contributed by atoms with Crippen LogP contribution in [0.5, 0.6) is 0 Å². The first-order valence-electron chi connectivity index (χ1n) is 3.61. The van der Waals surface area contributed by atoms with Crippen LogP contribution in [-0.4, -0.2) is 10.1 Å². The molecule has 1 N–H and O–H groups in total. The highest BCUT2D eigenvalue weighted by atomic mass is 19.3. The van der Waals surface area contributed by atoms with E-state index in [0.717, 1.165) is 0 Å². The molecule has 0 bridgehead atoms. The number of rotatable bonds is 2. The number of alkyl halides is 2. The van der Waals surface area contributed by atoms with Crippen molar-refractivity contribution in [3.05, 3.63) is 28.8 Å². The third-order valence-corrected chi connectivity index (χ3v) is 1.68. The Morgan fingerprint density at radius 2 is 2.15 bits per heavy atom. The topological polar surface area (TPSA) is 33.1 Å². The molecule has 0 saturated carbocycles. The van der Waals surface area contributed by atoms with Gasteiger partial charge in [0.2, 0.25) is 0 Å². The highest BCUT2D eigenvalue weighted by Crippen LogP contribution is 2.20. The predicted octanol–water partition coefficient (Wildman–Crippen LogP) is 1.96.